The number of sulfonamides is 1. The average molecular weight is 297 g/mol. The smallest absolute Gasteiger partial charge is 0.243 e. The second kappa shape index (κ2) is 5.74. The Morgan fingerprint density at radius 3 is 2.20 bits per heavy atom. The molecule has 1 heterocycles. The van der Waals surface area contributed by atoms with Crippen molar-refractivity contribution in [3.63, 3.8) is 0 Å². The molecule has 4 nitrogen and oxygen atoms in total. The fourth-order valence-electron chi connectivity index (χ4n) is 2.36. The highest BCUT2D eigenvalue weighted by Crippen LogP contribution is 2.32. The van der Waals surface area contributed by atoms with Crippen LogP contribution in [0.3, 0.4) is 0 Å². The van der Waals surface area contributed by atoms with E-state index in [2.05, 4.69) is 13.8 Å². The van der Waals surface area contributed by atoms with Crippen LogP contribution in [0.5, 0.6) is 5.75 Å². The van der Waals surface area contributed by atoms with Gasteiger partial charge in [-0.25, -0.2) is 8.42 Å². The summed E-state index contributed by atoms with van der Waals surface area (Å²) in [5, 5.41) is 0. The van der Waals surface area contributed by atoms with Crippen molar-refractivity contribution in [1.29, 1.82) is 0 Å². The zero-order valence-electron chi connectivity index (χ0n) is 12.4. The van der Waals surface area contributed by atoms with Crippen LogP contribution < -0.4 is 4.74 Å². The fourth-order valence-corrected chi connectivity index (χ4v) is 3.80. The van der Waals surface area contributed by atoms with Gasteiger partial charge in [0.05, 0.1) is 11.5 Å². The molecule has 0 N–H and O–H groups in total. The third-order valence-corrected chi connectivity index (χ3v) is 5.76. The normalized spacial score (nSPS) is 19.8. The first kappa shape index (κ1) is 15.3. The molecule has 112 valence electrons. The third-order valence-electron chi connectivity index (χ3n) is 3.85. The van der Waals surface area contributed by atoms with Gasteiger partial charge in [0, 0.05) is 13.1 Å². The maximum atomic E-state index is 12.6. The molecular formula is C15H23NO3S. The Morgan fingerprint density at radius 2 is 1.70 bits per heavy atom. The molecule has 0 amide bonds. The molecule has 1 saturated heterocycles. The number of nitrogens with zero attached hydrogens (tertiary/aromatic N) is 1. The minimum atomic E-state index is -3.37. The lowest BCUT2D eigenvalue weighted by Crippen LogP contribution is -2.41. The third kappa shape index (κ3) is 3.33. The molecule has 0 bridgehead atoms. The quantitative estimate of drug-likeness (QED) is 0.858. The number of hydrogen-bond donors (Lipinski definition) is 0. The SMILES string of the molecule is CCOc1ccc(S(=O)(=O)N2CCC(C)(C)CC2)cc1. The van der Waals surface area contributed by atoms with Gasteiger partial charge in [-0.3, -0.25) is 0 Å². The Kier molecular flexibility index (Phi) is 4.39. The molecule has 1 aromatic rings. The largest absolute Gasteiger partial charge is 0.494 e. The zero-order valence-corrected chi connectivity index (χ0v) is 13.2. The fraction of sp³-hybridized carbons (Fsp3) is 0.600. The first-order valence-corrected chi connectivity index (χ1v) is 8.52. The lowest BCUT2D eigenvalue weighted by molar-refractivity contribution is 0.196. The number of benzene rings is 1. The first-order chi connectivity index (χ1) is 9.35. The number of piperidine rings is 1. The van der Waals surface area contributed by atoms with E-state index < -0.39 is 10.0 Å². The van der Waals surface area contributed by atoms with Crippen molar-refractivity contribution in [2.45, 2.75) is 38.5 Å². The summed E-state index contributed by atoms with van der Waals surface area (Å²) in [6.45, 7) is 8.06. The van der Waals surface area contributed by atoms with Crippen molar-refractivity contribution >= 4 is 10.0 Å². The van der Waals surface area contributed by atoms with Gasteiger partial charge in [-0.1, -0.05) is 13.8 Å². The monoisotopic (exact) mass is 297 g/mol. The van der Waals surface area contributed by atoms with E-state index in [1.54, 1.807) is 28.6 Å². The molecule has 5 heteroatoms. The summed E-state index contributed by atoms with van der Waals surface area (Å²) in [6.07, 6.45) is 1.81. The predicted octanol–water partition coefficient (Wildman–Crippen LogP) is 2.90. The van der Waals surface area contributed by atoms with E-state index in [1.807, 2.05) is 6.92 Å². The minimum Gasteiger partial charge on any atom is -0.494 e. The summed E-state index contributed by atoms with van der Waals surface area (Å²) in [7, 11) is -3.37. The zero-order chi connectivity index (χ0) is 14.8. The lowest BCUT2D eigenvalue weighted by Gasteiger charge is -2.36. The van der Waals surface area contributed by atoms with E-state index in [-0.39, 0.29) is 5.41 Å². The molecule has 1 aliphatic heterocycles. The van der Waals surface area contributed by atoms with Crippen LogP contribution >= 0.6 is 0 Å². The van der Waals surface area contributed by atoms with E-state index in [1.165, 1.54) is 0 Å². The molecule has 20 heavy (non-hydrogen) atoms. The van der Waals surface area contributed by atoms with E-state index in [9.17, 15) is 8.42 Å². The number of rotatable bonds is 4. The van der Waals surface area contributed by atoms with Gasteiger partial charge in [-0.2, -0.15) is 4.31 Å². The summed E-state index contributed by atoms with van der Waals surface area (Å²) >= 11 is 0. The molecule has 0 unspecified atom stereocenters. The Hall–Kier alpha value is -1.07. The molecule has 1 aromatic carbocycles. The minimum absolute atomic E-state index is 0.241. The summed E-state index contributed by atoms with van der Waals surface area (Å²) in [6, 6.07) is 6.68. The highest BCUT2D eigenvalue weighted by atomic mass is 32.2. The van der Waals surface area contributed by atoms with Gasteiger partial charge in [0.15, 0.2) is 0 Å². The molecule has 0 aromatic heterocycles. The molecule has 0 aliphatic carbocycles. The van der Waals surface area contributed by atoms with Crippen molar-refractivity contribution in [1.82, 2.24) is 4.31 Å². The van der Waals surface area contributed by atoms with Crippen LogP contribution in [0.4, 0.5) is 0 Å². The second-order valence-electron chi connectivity index (χ2n) is 5.97. The molecule has 1 aliphatic rings. The number of hydrogen-bond acceptors (Lipinski definition) is 3. The molecule has 0 atom stereocenters. The molecule has 2 rings (SSSR count). The van der Waals surface area contributed by atoms with E-state index >= 15 is 0 Å². The van der Waals surface area contributed by atoms with Crippen LogP contribution in [0.1, 0.15) is 33.6 Å². The van der Waals surface area contributed by atoms with Crippen LogP contribution in [0.25, 0.3) is 0 Å². The highest BCUT2D eigenvalue weighted by molar-refractivity contribution is 7.89. The first-order valence-electron chi connectivity index (χ1n) is 7.08. The number of ether oxygens (including phenoxy) is 1. The topological polar surface area (TPSA) is 46.6 Å². The molecular weight excluding hydrogens is 274 g/mol. The summed E-state index contributed by atoms with van der Waals surface area (Å²) in [4.78, 5) is 0.348. The van der Waals surface area contributed by atoms with Crippen molar-refractivity contribution in [3.05, 3.63) is 24.3 Å². The van der Waals surface area contributed by atoms with Crippen LogP contribution in [-0.4, -0.2) is 32.4 Å². The molecule has 0 radical (unpaired) electrons. The van der Waals surface area contributed by atoms with Crippen LogP contribution in [0.15, 0.2) is 29.2 Å². The standard InChI is InChI=1S/C15H23NO3S/c1-4-19-13-5-7-14(8-6-13)20(17,18)16-11-9-15(2,3)10-12-16/h5-8H,4,9-12H2,1-3H3. The van der Waals surface area contributed by atoms with Gasteiger partial charge in [0.25, 0.3) is 0 Å². The molecule has 0 saturated carbocycles. The van der Waals surface area contributed by atoms with E-state index in [4.69, 9.17) is 4.74 Å². The van der Waals surface area contributed by atoms with Gasteiger partial charge in [-0.15, -0.1) is 0 Å². The van der Waals surface area contributed by atoms with Gasteiger partial charge in [0.2, 0.25) is 10.0 Å². The average Bonchev–Trinajstić information content (AvgIpc) is 2.39. The Labute approximate surface area is 121 Å². The van der Waals surface area contributed by atoms with Crippen molar-refractivity contribution in [2.24, 2.45) is 5.41 Å². The van der Waals surface area contributed by atoms with Gasteiger partial charge in [0.1, 0.15) is 5.75 Å². The Morgan fingerprint density at radius 1 is 1.15 bits per heavy atom. The molecule has 1 fully saturated rings. The Bertz CT molecular complexity index is 539. The van der Waals surface area contributed by atoms with Crippen molar-refractivity contribution in [3.8, 4) is 5.75 Å². The van der Waals surface area contributed by atoms with Gasteiger partial charge < -0.3 is 4.74 Å². The highest BCUT2D eigenvalue weighted by Gasteiger charge is 2.32. The summed E-state index contributed by atoms with van der Waals surface area (Å²) in [5.41, 5.74) is 0.241. The lowest BCUT2D eigenvalue weighted by atomic mass is 9.83. The molecule has 0 spiro atoms. The Balaban J connectivity index is 2.14. The van der Waals surface area contributed by atoms with Crippen molar-refractivity contribution < 1.29 is 13.2 Å². The van der Waals surface area contributed by atoms with Gasteiger partial charge >= 0.3 is 0 Å². The van der Waals surface area contributed by atoms with E-state index in [0.717, 1.165) is 12.8 Å². The summed E-state index contributed by atoms with van der Waals surface area (Å²) < 4.78 is 32.0. The van der Waals surface area contributed by atoms with Crippen molar-refractivity contribution in [2.75, 3.05) is 19.7 Å². The second-order valence-corrected chi connectivity index (χ2v) is 7.91. The van der Waals surface area contributed by atoms with Crippen LogP contribution in [-0.2, 0) is 10.0 Å². The van der Waals surface area contributed by atoms with Crippen LogP contribution in [0, 0.1) is 5.41 Å². The maximum absolute atomic E-state index is 12.6. The maximum Gasteiger partial charge on any atom is 0.243 e. The van der Waals surface area contributed by atoms with Crippen LogP contribution in [0.2, 0.25) is 0 Å². The van der Waals surface area contributed by atoms with E-state index in [0.29, 0.717) is 30.3 Å². The van der Waals surface area contributed by atoms with Gasteiger partial charge in [-0.05, 0) is 49.4 Å². The predicted molar refractivity (Wildman–Crippen MR) is 79.4 cm³/mol. The summed E-state index contributed by atoms with van der Waals surface area (Å²) in [5.74, 6) is 0.700.